The summed E-state index contributed by atoms with van der Waals surface area (Å²) in [4.78, 5) is 48.5. The molecule has 2 aromatic rings. The predicted octanol–water partition coefficient (Wildman–Crippen LogP) is 3.59. The molecule has 0 unspecified atom stereocenters. The fraction of sp³-hybridized carbons (Fsp3) is 0.250. The van der Waals surface area contributed by atoms with Gasteiger partial charge in [-0.2, -0.15) is 0 Å². The lowest BCUT2D eigenvalue weighted by atomic mass is 9.97. The molecular weight excluding hydrogens is 348 g/mol. The Kier molecular flexibility index (Phi) is 4.85. The van der Waals surface area contributed by atoms with Crippen LogP contribution in [0.1, 0.15) is 62.8 Å². The van der Waals surface area contributed by atoms with Gasteiger partial charge in [0, 0.05) is 17.7 Å². The molecule has 0 bridgehead atoms. The van der Waals surface area contributed by atoms with Gasteiger partial charge >= 0.3 is 0 Å². The number of nitro groups is 1. The van der Waals surface area contributed by atoms with Crippen molar-refractivity contribution in [2.45, 2.75) is 26.2 Å². The minimum absolute atomic E-state index is 0.0471. The Balaban J connectivity index is 1.79. The molecule has 0 saturated carbocycles. The molecule has 0 saturated heterocycles. The first-order chi connectivity index (χ1) is 12.8. The lowest BCUT2D eigenvalue weighted by Crippen LogP contribution is -2.34. The molecule has 7 nitrogen and oxygen atoms in total. The van der Waals surface area contributed by atoms with E-state index in [1.165, 1.54) is 12.1 Å². The maximum absolute atomic E-state index is 12.5. The van der Waals surface area contributed by atoms with E-state index in [2.05, 4.69) is 13.8 Å². The van der Waals surface area contributed by atoms with Crippen molar-refractivity contribution in [2.24, 2.45) is 0 Å². The second kappa shape index (κ2) is 7.11. The van der Waals surface area contributed by atoms with Gasteiger partial charge in [0.2, 0.25) is 0 Å². The van der Waals surface area contributed by atoms with Crippen molar-refractivity contribution >= 4 is 23.3 Å². The van der Waals surface area contributed by atoms with Gasteiger partial charge in [-0.15, -0.1) is 0 Å². The molecule has 0 aromatic heterocycles. The zero-order chi connectivity index (χ0) is 19.7. The van der Waals surface area contributed by atoms with Crippen LogP contribution in [-0.2, 0) is 0 Å². The van der Waals surface area contributed by atoms with Gasteiger partial charge in [0.15, 0.2) is 5.78 Å². The first kappa shape index (κ1) is 18.4. The second-order valence-corrected chi connectivity index (χ2v) is 6.54. The Hall–Kier alpha value is -3.35. The number of non-ortho nitro benzene ring substituents is 1. The molecule has 7 heteroatoms. The molecule has 0 N–H and O–H groups in total. The van der Waals surface area contributed by atoms with E-state index in [9.17, 15) is 24.5 Å². The smallest absolute Gasteiger partial charge is 0.270 e. The lowest BCUT2D eigenvalue weighted by Gasteiger charge is -2.13. The average Bonchev–Trinajstić information content (AvgIpc) is 2.91. The number of hydrogen-bond acceptors (Lipinski definition) is 5. The summed E-state index contributed by atoms with van der Waals surface area (Å²) in [6, 6.07) is 10.6. The lowest BCUT2D eigenvalue weighted by molar-refractivity contribution is -0.384. The van der Waals surface area contributed by atoms with Crippen LogP contribution in [0.25, 0.3) is 0 Å². The number of fused-ring (bicyclic) bond motifs is 1. The van der Waals surface area contributed by atoms with Crippen molar-refractivity contribution in [3.05, 3.63) is 74.8 Å². The fourth-order valence-corrected chi connectivity index (χ4v) is 3.00. The number of hydrogen-bond donors (Lipinski definition) is 0. The zero-order valence-electron chi connectivity index (χ0n) is 15.0. The molecule has 1 heterocycles. The number of imide groups is 1. The summed E-state index contributed by atoms with van der Waals surface area (Å²) in [7, 11) is 0. The SMILES string of the molecule is CC[C@@H](C)c1ccc(C(=O)CN2C(=O)c3ccc([N+](=O)[O-])cc3C2=O)cc1. The molecule has 2 amide bonds. The predicted molar refractivity (Wildman–Crippen MR) is 97.9 cm³/mol. The van der Waals surface area contributed by atoms with E-state index in [-0.39, 0.29) is 22.6 Å². The van der Waals surface area contributed by atoms with Crippen LogP contribution in [0.15, 0.2) is 42.5 Å². The minimum Gasteiger partial charge on any atom is -0.292 e. The Morgan fingerprint density at radius 3 is 2.30 bits per heavy atom. The number of amides is 2. The van der Waals surface area contributed by atoms with Crippen LogP contribution in [0.5, 0.6) is 0 Å². The summed E-state index contributed by atoms with van der Waals surface area (Å²) in [5.41, 5.74) is 1.27. The van der Waals surface area contributed by atoms with Gasteiger partial charge in [-0.05, 0) is 24.0 Å². The second-order valence-electron chi connectivity index (χ2n) is 6.54. The summed E-state index contributed by atoms with van der Waals surface area (Å²) in [5.74, 6) is -1.30. The van der Waals surface area contributed by atoms with E-state index in [4.69, 9.17) is 0 Å². The number of rotatable bonds is 6. The van der Waals surface area contributed by atoms with Crippen molar-refractivity contribution in [3.63, 3.8) is 0 Å². The molecule has 3 rings (SSSR count). The van der Waals surface area contributed by atoms with Gasteiger partial charge in [0.05, 0.1) is 22.6 Å². The standard InChI is InChI=1S/C20H18N2O5/c1-3-12(2)13-4-6-14(7-5-13)18(23)11-21-19(24)16-9-8-15(22(26)27)10-17(16)20(21)25/h4-10,12H,3,11H2,1-2H3/t12-/m1/s1. The molecule has 0 aliphatic carbocycles. The van der Waals surface area contributed by atoms with E-state index < -0.39 is 23.3 Å². The maximum Gasteiger partial charge on any atom is 0.270 e. The van der Waals surface area contributed by atoms with E-state index in [0.29, 0.717) is 11.5 Å². The van der Waals surface area contributed by atoms with Gasteiger partial charge in [-0.25, -0.2) is 0 Å². The van der Waals surface area contributed by atoms with Crippen LogP contribution in [0.4, 0.5) is 5.69 Å². The van der Waals surface area contributed by atoms with Gasteiger partial charge in [0.25, 0.3) is 17.5 Å². The summed E-state index contributed by atoms with van der Waals surface area (Å²) >= 11 is 0. The van der Waals surface area contributed by atoms with E-state index in [1.807, 2.05) is 12.1 Å². The van der Waals surface area contributed by atoms with Crippen molar-refractivity contribution in [1.29, 1.82) is 0 Å². The largest absolute Gasteiger partial charge is 0.292 e. The topological polar surface area (TPSA) is 97.6 Å². The number of nitrogens with zero attached hydrogens (tertiary/aromatic N) is 2. The Bertz CT molecular complexity index is 949. The number of benzene rings is 2. The molecular formula is C20H18N2O5. The highest BCUT2D eigenvalue weighted by Gasteiger charge is 2.37. The summed E-state index contributed by atoms with van der Waals surface area (Å²) in [6.45, 7) is 3.77. The molecule has 1 aliphatic rings. The third kappa shape index (κ3) is 3.36. The number of Topliss-reactive ketones (excluding diaryl/α,β-unsaturated/α-hetero) is 1. The summed E-state index contributed by atoms with van der Waals surface area (Å²) in [5, 5.41) is 10.9. The van der Waals surface area contributed by atoms with Crippen molar-refractivity contribution in [1.82, 2.24) is 4.90 Å². The Labute approximate surface area is 155 Å². The highest BCUT2D eigenvalue weighted by molar-refractivity contribution is 6.23. The molecule has 1 aliphatic heterocycles. The highest BCUT2D eigenvalue weighted by Crippen LogP contribution is 2.27. The maximum atomic E-state index is 12.5. The minimum atomic E-state index is -0.691. The fourth-order valence-electron chi connectivity index (χ4n) is 3.00. The molecule has 0 radical (unpaired) electrons. The first-order valence-corrected chi connectivity index (χ1v) is 8.61. The normalized spacial score (nSPS) is 14.2. The van der Waals surface area contributed by atoms with E-state index >= 15 is 0 Å². The first-order valence-electron chi connectivity index (χ1n) is 8.61. The van der Waals surface area contributed by atoms with Crippen molar-refractivity contribution in [2.75, 3.05) is 6.54 Å². The van der Waals surface area contributed by atoms with Gasteiger partial charge < -0.3 is 0 Å². The summed E-state index contributed by atoms with van der Waals surface area (Å²) < 4.78 is 0. The van der Waals surface area contributed by atoms with Crippen LogP contribution in [0, 0.1) is 10.1 Å². The number of nitro benzene ring substituents is 1. The van der Waals surface area contributed by atoms with Crippen LogP contribution >= 0.6 is 0 Å². The number of ketones is 1. The van der Waals surface area contributed by atoms with E-state index in [0.717, 1.165) is 23.0 Å². The highest BCUT2D eigenvalue weighted by atomic mass is 16.6. The summed E-state index contributed by atoms with van der Waals surface area (Å²) in [6.07, 6.45) is 0.981. The Morgan fingerprint density at radius 2 is 1.70 bits per heavy atom. The van der Waals surface area contributed by atoms with Crippen LogP contribution in [0.2, 0.25) is 0 Å². The van der Waals surface area contributed by atoms with Gasteiger partial charge in [0.1, 0.15) is 0 Å². The monoisotopic (exact) mass is 366 g/mol. The molecule has 138 valence electrons. The van der Waals surface area contributed by atoms with Crippen LogP contribution in [-0.4, -0.2) is 34.0 Å². The quantitative estimate of drug-likeness (QED) is 0.337. The van der Waals surface area contributed by atoms with Gasteiger partial charge in [-0.1, -0.05) is 38.1 Å². The van der Waals surface area contributed by atoms with Crippen molar-refractivity contribution in [3.8, 4) is 0 Å². The number of carbonyl (C=O) groups excluding carboxylic acids is 3. The van der Waals surface area contributed by atoms with E-state index in [1.54, 1.807) is 12.1 Å². The Morgan fingerprint density at radius 1 is 1.07 bits per heavy atom. The van der Waals surface area contributed by atoms with Crippen LogP contribution in [0.3, 0.4) is 0 Å². The third-order valence-corrected chi connectivity index (χ3v) is 4.88. The molecule has 0 spiro atoms. The van der Waals surface area contributed by atoms with Crippen molar-refractivity contribution < 1.29 is 19.3 Å². The zero-order valence-corrected chi connectivity index (χ0v) is 15.0. The average molecular weight is 366 g/mol. The number of carbonyl (C=O) groups is 3. The third-order valence-electron chi connectivity index (χ3n) is 4.88. The van der Waals surface area contributed by atoms with Gasteiger partial charge in [-0.3, -0.25) is 29.4 Å². The molecule has 27 heavy (non-hydrogen) atoms. The molecule has 0 fully saturated rings. The molecule has 2 aromatic carbocycles. The molecule has 1 atom stereocenters. The van der Waals surface area contributed by atoms with Crippen LogP contribution < -0.4 is 0 Å².